The van der Waals surface area contributed by atoms with Crippen molar-refractivity contribution in [2.45, 2.75) is 25.8 Å². The predicted octanol–water partition coefficient (Wildman–Crippen LogP) is 1.57. The molecule has 1 amide bonds. The summed E-state index contributed by atoms with van der Waals surface area (Å²) in [5, 5.41) is 5.46. The summed E-state index contributed by atoms with van der Waals surface area (Å²) in [7, 11) is 0. The summed E-state index contributed by atoms with van der Waals surface area (Å²) in [5.41, 5.74) is 5.94. The van der Waals surface area contributed by atoms with Gasteiger partial charge in [0.15, 0.2) is 0 Å². The summed E-state index contributed by atoms with van der Waals surface area (Å²) in [6, 6.07) is 0. The second-order valence-corrected chi connectivity index (χ2v) is 5.37. The average Bonchev–Trinajstić information content (AvgIpc) is 2.89. The maximum atomic E-state index is 11.8. The number of halogens is 1. The van der Waals surface area contributed by atoms with Crippen LogP contribution in [0, 0.1) is 5.92 Å². The maximum Gasteiger partial charge on any atom is 0.270 e. The van der Waals surface area contributed by atoms with E-state index in [1.54, 1.807) is 5.38 Å². The van der Waals surface area contributed by atoms with Crippen LogP contribution in [0.2, 0.25) is 0 Å². The normalized spacial score (nSPS) is 15.8. The zero-order chi connectivity index (χ0) is 12.8. The molecule has 0 radical (unpaired) electrons. The van der Waals surface area contributed by atoms with Crippen molar-refractivity contribution in [3.05, 3.63) is 16.1 Å². The van der Waals surface area contributed by atoms with Gasteiger partial charge in [-0.25, -0.2) is 4.98 Å². The molecule has 0 aromatic carbocycles. The van der Waals surface area contributed by atoms with Crippen LogP contribution in [0.3, 0.4) is 0 Å². The van der Waals surface area contributed by atoms with E-state index < -0.39 is 0 Å². The number of amides is 1. The Balaban J connectivity index is 0.00000180. The SMILES string of the molecule is Cl.NCc1nc(C(=O)NCCC2CCOCC2)cs1. The molecular weight excluding hydrogens is 286 g/mol. The van der Waals surface area contributed by atoms with E-state index in [2.05, 4.69) is 10.3 Å². The van der Waals surface area contributed by atoms with Gasteiger partial charge in [0, 0.05) is 31.7 Å². The summed E-state index contributed by atoms with van der Waals surface area (Å²) >= 11 is 1.43. The molecule has 0 spiro atoms. The van der Waals surface area contributed by atoms with Gasteiger partial charge in [-0.2, -0.15) is 0 Å². The molecule has 108 valence electrons. The number of nitrogens with one attached hydrogen (secondary N) is 1. The molecule has 0 saturated carbocycles. The molecule has 2 rings (SSSR count). The number of hydrogen-bond acceptors (Lipinski definition) is 5. The number of nitrogens with zero attached hydrogens (tertiary/aromatic N) is 1. The lowest BCUT2D eigenvalue weighted by Crippen LogP contribution is -2.27. The number of aromatic nitrogens is 1. The third-order valence-electron chi connectivity index (χ3n) is 3.14. The van der Waals surface area contributed by atoms with Crippen molar-refractivity contribution < 1.29 is 9.53 Å². The Labute approximate surface area is 123 Å². The van der Waals surface area contributed by atoms with Crippen LogP contribution in [-0.4, -0.2) is 30.6 Å². The Morgan fingerprint density at radius 1 is 1.53 bits per heavy atom. The van der Waals surface area contributed by atoms with Gasteiger partial charge in [0.25, 0.3) is 5.91 Å². The number of carbonyl (C=O) groups excluding carboxylic acids is 1. The minimum atomic E-state index is -0.0991. The average molecular weight is 306 g/mol. The molecule has 1 aromatic heterocycles. The molecule has 0 bridgehead atoms. The Bertz CT molecular complexity index is 394. The first-order valence-electron chi connectivity index (χ1n) is 6.30. The largest absolute Gasteiger partial charge is 0.381 e. The molecule has 7 heteroatoms. The fourth-order valence-electron chi connectivity index (χ4n) is 2.02. The molecule has 0 aliphatic carbocycles. The highest BCUT2D eigenvalue weighted by molar-refractivity contribution is 7.09. The first kappa shape index (κ1) is 16.4. The molecule has 1 saturated heterocycles. The Morgan fingerprint density at radius 2 is 2.26 bits per heavy atom. The molecule has 5 nitrogen and oxygen atoms in total. The number of nitrogens with two attached hydrogens (primary N) is 1. The zero-order valence-electron chi connectivity index (χ0n) is 10.8. The lowest BCUT2D eigenvalue weighted by atomic mass is 9.97. The van der Waals surface area contributed by atoms with E-state index in [4.69, 9.17) is 10.5 Å². The lowest BCUT2D eigenvalue weighted by molar-refractivity contribution is 0.0636. The summed E-state index contributed by atoms with van der Waals surface area (Å²) < 4.78 is 5.30. The molecule has 1 aromatic rings. The van der Waals surface area contributed by atoms with E-state index in [0.717, 1.165) is 37.5 Å². The van der Waals surface area contributed by atoms with Crippen molar-refractivity contribution in [3.63, 3.8) is 0 Å². The molecule has 2 heterocycles. The second-order valence-electron chi connectivity index (χ2n) is 4.43. The van der Waals surface area contributed by atoms with Crippen LogP contribution in [0.15, 0.2) is 5.38 Å². The molecule has 1 aliphatic rings. The van der Waals surface area contributed by atoms with E-state index in [9.17, 15) is 4.79 Å². The molecule has 19 heavy (non-hydrogen) atoms. The topological polar surface area (TPSA) is 77.2 Å². The van der Waals surface area contributed by atoms with Gasteiger partial charge in [-0.1, -0.05) is 0 Å². The van der Waals surface area contributed by atoms with Gasteiger partial charge in [0.2, 0.25) is 0 Å². The second kappa shape index (κ2) is 8.47. The Kier molecular flexibility index (Phi) is 7.30. The number of hydrogen-bond donors (Lipinski definition) is 2. The van der Waals surface area contributed by atoms with Crippen molar-refractivity contribution in [3.8, 4) is 0 Å². The molecule has 1 fully saturated rings. The molecule has 3 N–H and O–H groups in total. The van der Waals surface area contributed by atoms with Crippen molar-refractivity contribution in [1.82, 2.24) is 10.3 Å². The van der Waals surface area contributed by atoms with Crippen LogP contribution in [0.4, 0.5) is 0 Å². The van der Waals surface area contributed by atoms with Gasteiger partial charge < -0.3 is 15.8 Å². The fourth-order valence-corrected chi connectivity index (χ4v) is 2.68. The van der Waals surface area contributed by atoms with Crippen LogP contribution in [0.25, 0.3) is 0 Å². The van der Waals surface area contributed by atoms with Crippen LogP contribution < -0.4 is 11.1 Å². The van der Waals surface area contributed by atoms with Gasteiger partial charge in [0.1, 0.15) is 10.7 Å². The van der Waals surface area contributed by atoms with Crippen molar-refractivity contribution in [1.29, 1.82) is 0 Å². The monoisotopic (exact) mass is 305 g/mol. The summed E-state index contributed by atoms with van der Waals surface area (Å²) in [5.74, 6) is 0.576. The highest BCUT2D eigenvalue weighted by atomic mass is 35.5. The minimum absolute atomic E-state index is 0. The van der Waals surface area contributed by atoms with Crippen LogP contribution >= 0.6 is 23.7 Å². The molecule has 0 unspecified atom stereocenters. The smallest absolute Gasteiger partial charge is 0.270 e. The third-order valence-corrected chi connectivity index (χ3v) is 4.01. The van der Waals surface area contributed by atoms with Crippen molar-refractivity contribution in [2.24, 2.45) is 11.7 Å². The number of rotatable bonds is 5. The van der Waals surface area contributed by atoms with E-state index >= 15 is 0 Å². The first-order chi connectivity index (χ1) is 8.79. The third kappa shape index (κ3) is 5.06. The van der Waals surface area contributed by atoms with Gasteiger partial charge in [-0.15, -0.1) is 23.7 Å². The Morgan fingerprint density at radius 3 is 2.89 bits per heavy atom. The van der Waals surface area contributed by atoms with Gasteiger partial charge >= 0.3 is 0 Å². The highest BCUT2D eigenvalue weighted by Crippen LogP contribution is 2.17. The maximum absolute atomic E-state index is 11.8. The first-order valence-corrected chi connectivity index (χ1v) is 7.18. The number of ether oxygens (including phenoxy) is 1. The van der Waals surface area contributed by atoms with Crippen molar-refractivity contribution >= 4 is 29.7 Å². The standard InChI is InChI=1S/C12H19N3O2S.ClH/c13-7-11-15-10(8-18-11)12(16)14-4-1-9-2-5-17-6-3-9;/h8-9H,1-7,13H2,(H,14,16);1H. The van der Waals surface area contributed by atoms with E-state index in [1.807, 2.05) is 0 Å². The number of thiazole rings is 1. The fraction of sp³-hybridized carbons (Fsp3) is 0.667. The predicted molar refractivity (Wildman–Crippen MR) is 77.7 cm³/mol. The summed E-state index contributed by atoms with van der Waals surface area (Å²) in [4.78, 5) is 15.9. The Hall–Kier alpha value is -0.690. The van der Waals surface area contributed by atoms with Crippen LogP contribution in [0.1, 0.15) is 34.8 Å². The van der Waals surface area contributed by atoms with Crippen molar-refractivity contribution in [2.75, 3.05) is 19.8 Å². The van der Waals surface area contributed by atoms with Crippen LogP contribution in [-0.2, 0) is 11.3 Å². The van der Waals surface area contributed by atoms with Crippen LogP contribution in [0.5, 0.6) is 0 Å². The van der Waals surface area contributed by atoms with Gasteiger partial charge in [-0.3, -0.25) is 4.79 Å². The van der Waals surface area contributed by atoms with Gasteiger partial charge in [0.05, 0.1) is 0 Å². The lowest BCUT2D eigenvalue weighted by Gasteiger charge is -2.21. The van der Waals surface area contributed by atoms with E-state index in [-0.39, 0.29) is 18.3 Å². The summed E-state index contributed by atoms with van der Waals surface area (Å²) in [6.07, 6.45) is 3.22. The minimum Gasteiger partial charge on any atom is -0.381 e. The van der Waals surface area contributed by atoms with Gasteiger partial charge in [-0.05, 0) is 25.2 Å². The molecule has 1 aliphatic heterocycles. The highest BCUT2D eigenvalue weighted by Gasteiger charge is 2.14. The summed E-state index contributed by atoms with van der Waals surface area (Å²) in [6.45, 7) is 2.80. The zero-order valence-corrected chi connectivity index (χ0v) is 12.4. The molecular formula is C12H20ClN3O2S. The quantitative estimate of drug-likeness (QED) is 0.865. The van der Waals surface area contributed by atoms with E-state index in [1.165, 1.54) is 11.3 Å². The molecule has 0 atom stereocenters. The number of carbonyl (C=O) groups is 1. The van der Waals surface area contributed by atoms with E-state index in [0.29, 0.717) is 24.7 Å².